The molecule has 0 fully saturated rings. The molecule has 4 heterocycles. The Bertz CT molecular complexity index is 4620. The number of thiophene rings is 1. The van der Waals surface area contributed by atoms with Gasteiger partial charge in [-0.3, -0.25) is 0 Å². The molecule has 4 nitrogen and oxygen atoms in total. The second-order valence-corrected chi connectivity index (χ2v) is 26.4. The molecule has 2 aliphatic rings. The van der Waals surface area contributed by atoms with Gasteiger partial charge < -0.3 is 19.1 Å². The molecule has 0 amide bonds. The first-order valence-electron chi connectivity index (χ1n) is 28.3. The number of hydrogen-bond donors (Lipinski definition) is 0. The van der Waals surface area contributed by atoms with Crippen LogP contribution < -0.4 is 30.4 Å². The Morgan fingerprint density at radius 1 is 0.375 bits per heavy atom. The third-order valence-electron chi connectivity index (χ3n) is 17.3. The van der Waals surface area contributed by atoms with Crippen LogP contribution in [0.1, 0.15) is 79.0 Å². The number of para-hydroxylation sites is 1. The van der Waals surface area contributed by atoms with E-state index in [-0.39, 0.29) is 23.0 Å². The smallest absolute Gasteiger partial charge is 0.264 e. The van der Waals surface area contributed by atoms with E-state index in [4.69, 9.17) is 4.42 Å². The van der Waals surface area contributed by atoms with Gasteiger partial charge in [0.25, 0.3) is 6.71 Å². The van der Waals surface area contributed by atoms with Crippen LogP contribution >= 0.6 is 11.3 Å². The summed E-state index contributed by atoms with van der Waals surface area (Å²) in [4.78, 5) is 7.63. The van der Waals surface area contributed by atoms with Crippen molar-refractivity contribution in [2.45, 2.75) is 78.6 Å². The van der Waals surface area contributed by atoms with Gasteiger partial charge >= 0.3 is 0 Å². The van der Waals surface area contributed by atoms with Crippen LogP contribution in [-0.2, 0) is 16.2 Å². The summed E-state index contributed by atoms with van der Waals surface area (Å²) in [6.45, 7) is 20.6. The maximum atomic E-state index is 7.32. The predicted molar refractivity (Wildman–Crippen MR) is 346 cm³/mol. The number of furan rings is 1. The Hall–Kier alpha value is -8.58. The van der Waals surface area contributed by atoms with Gasteiger partial charge in [0.1, 0.15) is 5.58 Å². The lowest BCUT2D eigenvalue weighted by Crippen LogP contribution is -2.60. The zero-order chi connectivity index (χ0) is 54.6. The van der Waals surface area contributed by atoms with Crippen LogP contribution in [0.4, 0.5) is 51.2 Å². The van der Waals surface area contributed by atoms with Crippen LogP contribution in [-0.4, -0.2) is 6.71 Å². The molecule has 15 rings (SSSR count). The highest BCUT2D eigenvalue weighted by Crippen LogP contribution is 2.53. The summed E-state index contributed by atoms with van der Waals surface area (Å²) in [6, 6.07) is 80.1. The van der Waals surface area contributed by atoms with Gasteiger partial charge in [-0.05, 0) is 144 Å². The van der Waals surface area contributed by atoms with E-state index >= 15 is 0 Å². The van der Waals surface area contributed by atoms with Crippen LogP contribution in [0, 0.1) is 0 Å². The van der Waals surface area contributed by atoms with Gasteiger partial charge in [-0.1, -0.05) is 196 Å². The van der Waals surface area contributed by atoms with Gasteiger partial charge in [0.2, 0.25) is 0 Å². The third kappa shape index (κ3) is 7.41. The Kier molecular flexibility index (Phi) is 10.6. The van der Waals surface area contributed by atoms with Crippen molar-refractivity contribution in [1.29, 1.82) is 0 Å². The van der Waals surface area contributed by atoms with Crippen LogP contribution in [0.5, 0.6) is 0 Å². The molecule has 0 N–H and O–H groups in total. The summed E-state index contributed by atoms with van der Waals surface area (Å²) < 4.78 is 9.96. The quantitative estimate of drug-likeness (QED) is 0.127. The lowest BCUT2D eigenvalue weighted by atomic mass is 9.36. The van der Waals surface area contributed by atoms with Crippen molar-refractivity contribution < 1.29 is 4.42 Å². The van der Waals surface area contributed by atoms with E-state index < -0.39 is 0 Å². The highest BCUT2D eigenvalue weighted by atomic mass is 32.1. The first-order chi connectivity index (χ1) is 38.6. The molecule has 388 valence electrons. The number of benzene rings is 11. The minimum Gasteiger partial charge on any atom is -0.453 e. The van der Waals surface area contributed by atoms with E-state index in [0.717, 1.165) is 66.8 Å². The van der Waals surface area contributed by atoms with Gasteiger partial charge in [-0.2, -0.15) is 0 Å². The molecule has 0 unspecified atom stereocenters. The average molecular weight is 1050 g/mol. The first kappa shape index (κ1) is 48.5. The van der Waals surface area contributed by atoms with Crippen molar-refractivity contribution in [1.82, 2.24) is 0 Å². The number of hydrogen-bond acceptors (Lipinski definition) is 5. The van der Waals surface area contributed by atoms with Gasteiger partial charge in [0.05, 0.1) is 17.1 Å². The van der Waals surface area contributed by atoms with Crippen molar-refractivity contribution in [2.75, 3.05) is 14.7 Å². The van der Waals surface area contributed by atoms with E-state index in [1.807, 2.05) is 11.3 Å². The zero-order valence-electron chi connectivity index (χ0n) is 46.9. The minimum atomic E-state index is -0.0839. The van der Waals surface area contributed by atoms with Crippen molar-refractivity contribution in [3.63, 3.8) is 0 Å². The Morgan fingerprint density at radius 2 is 0.925 bits per heavy atom. The molecular formula is C74H62BN3OS. The fourth-order valence-corrected chi connectivity index (χ4v) is 14.4. The summed E-state index contributed by atoms with van der Waals surface area (Å²) in [6.07, 6.45) is 0. The van der Waals surface area contributed by atoms with Gasteiger partial charge in [0.15, 0.2) is 5.58 Å². The van der Waals surface area contributed by atoms with Crippen LogP contribution in [0.25, 0.3) is 64.3 Å². The minimum absolute atomic E-state index is 0.0109. The summed E-state index contributed by atoms with van der Waals surface area (Å²) in [5.74, 6) is 0. The fraction of sp³-hybridized carbons (Fsp3) is 0.162. The van der Waals surface area contributed by atoms with E-state index in [1.54, 1.807) is 0 Å². The molecule has 0 aliphatic carbocycles. The summed E-state index contributed by atoms with van der Waals surface area (Å²) >= 11 is 1.95. The third-order valence-corrected chi connectivity index (χ3v) is 18.5. The molecular weight excluding hydrogens is 990 g/mol. The number of fused-ring (bicyclic) bond motifs is 14. The molecule has 13 aromatic rings. The number of rotatable bonds is 5. The van der Waals surface area contributed by atoms with E-state index in [0.29, 0.717) is 0 Å². The van der Waals surface area contributed by atoms with Gasteiger partial charge in [0, 0.05) is 70.5 Å². The molecule has 0 radical (unpaired) electrons. The molecule has 11 aromatic carbocycles. The molecule has 0 bridgehead atoms. The Morgan fingerprint density at radius 3 is 1.61 bits per heavy atom. The summed E-state index contributed by atoms with van der Waals surface area (Å²) in [5.41, 5.74) is 18.4. The van der Waals surface area contributed by atoms with E-state index in [1.165, 1.54) is 81.1 Å². The topological polar surface area (TPSA) is 22.9 Å². The fourth-order valence-electron chi connectivity index (χ4n) is 13.1. The highest BCUT2D eigenvalue weighted by molar-refractivity contribution is 7.33. The molecule has 0 saturated heterocycles. The molecule has 2 aliphatic heterocycles. The standard InChI is InChI=1S/C74H62BN3OS/c1-72(2,3)47-29-34-50(35-30-47)76(51-36-31-48(32-37-51)73(4,5)6)52-38-40-60-65(44-52)77(63-27-16-24-57-58-39-28-45-18-10-13-21-54(45)69(58)79-70(57)63)61-25-17-26-62-67(61)75(60)71-68(59-43-49(74(7,8)9)33-41-66(59)80-71)78(62)64-42-46-19-11-12-20-53(46)55-22-14-15-23-56(55)64/h10-44H,1-9H3. The number of nitrogens with zero attached hydrogens (tertiary/aromatic N) is 3. The molecule has 0 spiro atoms. The molecule has 6 heteroatoms. The Labute approximate surface area is 473 Å². The number of anilines is 9. The molecule has 2 aromatic heterocycles. The first-order valence-corrected chi connectivity index (χ1v) is 29.1. The maximum Gasteiger partial charge on any atom is 0.264 e. The second kappa shape index (κ2) is 17.5. The SMILES string of the molecule is CC(C)(C)c1ccc(N(c2ccc(C(C)(C)C)cc2)c2ccc3c(c2)N(c2cccc4c2oc2c5ccccc5ccc42)c2cccc4c2B3c2sc3ccc(C(C)(C)C)cc3c2N4c2cc3ccccc3c3ccccc23)cc1. The second-order valence-electron chi connectivity index (χ2n) is 25.3. The summed E-state index contributed by atoms with van der Waals surface area (Å²) in [5, 5.41) is 10.7. The van der Waals surface area contributed by atoms with Crippen molar-refractivity contribution in [3.05, 3.63) is 229 Å². The van der Waals surface area contributed by atoms with Crippen molar-refractivity contribution >= 4 is 149 Å². The van der Waals surface area contributed by atoms with Crippen LogP contribution in [0.2, 0.25) is 0 Å². The van der Waals surface area contributed by atoms with E-state index in [2.05, 4.69) is 289 Å². The van der Waals surface area contributed by atoms with Gasteiger partial charge in [-0.25, -0.2) is 0 Å². The molecule has 0 saturated carbocycles. The van der Waals surface area contributed by atoms with Crippen LogP contribution in [0.15, 0.2) is 217 Å². The lowest BCUT2D eigenvalue weighted by Gasteiger charge is -2.43. The molecule has 0 atom stereocenters. The predicted octanol–water partition coefficient (Wildman–Crippen LogP) is 19.7. The van der Waals surface area contributed by atoms with Gasteiger partial charge in [-0.15, -0.1) is 11.3 Å². The highest BCUT2D eigenvalue weighted by Gasteiger charge is 2.46. The zero-order valence-corrected chi connectivity index (χ0v) is 47.8. The maximum absolute atomic E-state index is 7.32. The molecule has 80 heavy (non-hydrogen) atoms. The largest absolute Gasteiger partial charge is 0.453 e. The monoisotopic (exact) mass is 1050 g/mol. The normalized spacial score (nSPS) is 13.5. The van der Waals surface area contributed by atoms with Crippen molar-refractivity contribution in [2.24, 2.45) is 0 Å². The lowest BCUT2D eigenvalue weighted by molar-refractivity contribution is 0.590. The van der Waals surface area contributed by atoms with Crippen LogP contribution in [0.3, 0.4) is 0 Å². The summed E-state index contributed by atoms with van der Waals surface area (Å²) in [7, 11) is 0. The Balaban J connectivity index is 1.04. The average Bonchev–Trinajstić information content (AvgIpc) is 4.17. The van der Waals surface area contributed by atoms with E-state index in [9.17, 15) is 0 Å². The van der Waals surface area contributed by atoms with Crippen molar-refractivity contribution in [3.8, 4) is 0 Å².